The van der Waals surface area contributed by atoms with Crippen LogP contribution in [0.3, 0.4) is 0 Å². The number of carboxylic acid groups (broad SMARTS) is 1. The van der Waals surface area contributed by atoms with Gasteiger partial charge in [0.2, 0.25) is 0 Å². The van der Waals surface area contributed by atoms with Crippen LogP contribution in [0.5, 0.6) is 0 Å². The van der Waals surface area contributed by atoms with Crippen LogP contribution >= 0.6 is 11.8 Å². The van der Waals surface area contributed by atoms with Crippen LogP contribution in [0.1, 0.15) is 30.4 Å². The van der Waals surface area contributed by atoms with Gasteiger partial charge in [0, 0.05) is 18.1 Å². The zero-order chi connectivity index (χ0) is 12.3. The molecule has 2 rings (SSSR count). The van der Waals surface area contributed by atoms with E-state index >= 15 is 0 Å². The second-order valence-corrected chi connectivity index (χ2v) is 5.92. The highest BCUT2D eigenvalue weighted by atomic mass is 32.2. The minimum Gasteiger partial charge on any atom is -0.481 e. The second-order valence-electron chi connectivity index (χ2n) is 4.93. The highest BCUT2D eigenvalue weighted by molar-refractivity contribution is 7.98. The molecular weight excluding hydrogens is 234 g/mol. The highest BCUT2D eigenvalue weighted by Crippen LogP contribution is 2.51. The van der Waals surface area contributed by atoms with E-state index in [0.717, 1.165) is 24.3 Å². The lowest BCUT2D eigenvalue weighted by atomic mass is 10.1. The van der Waals surface area contributed by atoms with Crippen molar-refractivity contribution >= 4 is 17.7 Å². The average molecular weight is 251 g/mol. The molecule has 0 atom stereocenters. The highest BCUT2D eigenvalue weighted by Gasteiger charge is 2.43. The van der Waals surface area contributed by atoms with Crippen molar-refractivity contribution < 1.29 is 9.90 Å². The fourth-order valence-electron chi connectivity index (χ4n) is 1.95. The van der Waals surface area contributed by atoms with Gasteiger partial charge in [-0.05, 0) is 42.1 Å². The smallest absolute Gasteiger partial charge is 0.303 e. The lowest BCUT2D eigenvalue weighted by molar-refractivity contribution is -0.138. The van der Waals surface area contributed by atoms with Crippen molar-refractivity contribution in [3.05, 3.63) is 29.6 Å². The fraction of sp³-hybridized carbons (Fsp3) is 0.538. The van der Waals surface area contributed by atoms with Gasteiger partial charge in [-0.25, -0.2) is 0 Å². The van der Waals surface area contributed by atoms with Crippen LogP contribution in [-0.4, -0.2) is 21.8 Å². The summed E-state index contributed by atoms with van der Waals surface area (Å²) in [5.74, 6) is 1.21. The van der Waals surface area contributed by atoms with Crippen molar-refractivity contribution in [2.45, 2.75) is 31.9 Å². The third-order valence-electron chi connectivity index (χ3n) is 3.09. The van der Waals surface area contributed by atoms with Gasteiger partial charge in [-0.3, -0.25) is 9.78 Å². The van der Waals surface area contributed by atoms with E-state index < -0.39 is 5.97 Å². The maximum absolute atomic E-state index is 10.7. The van der Waals surface area contributed by atoms with E-state index in [1.165, 1.54) is 11.1 Å². The first-order valence-corrected chi connectivity index (χ1v) is 6.95. The Bertz CT molecular complexity index is 416. The molecule has 0 unspecified atom stereocenters. The number of rotatable bonds is 6. The fourth-order valence-corrected chi connectivity index (χ4v) is 3.27. The minimum absolute atomic E-state index is 0.0910. The van der Waals surface area contributed by atoms with E-state index in [0.29, 0.717) is 6.42 Å². The number of thioether (sulfide) groups is 1. The number of aryl methyl sites for hydroxylation is 1. The van der Waals surface area contributed by atoms with Gasteiger partial charge in [0.05, 0.1) is 6.42 Å². The van der Waals surface area contributed by atoms with Gasteiger partial charge in [0.15, 0.2) is 0 Å². The summed E-state index contributed by atoms with van der Waals surface area (Å²) in [4.78, 5) is 14.9. The Kier molecular flexibility index (Phi) is 3.72. The first-order valence-electron chi connectivity index (χ1n) is 5.80. The largest absolute Gasteiger partial charge is 0.481 e. The molecule has 92 valence electrons. The van der Waals surface area contributed by atoms with Crippen LogP contribution in [0.25, 0.3) is 0 Å². The molecule has 0 radical (unpaired) electrons. The van der Waals surface area contributed by atoms with E-state index in [1.807, 2.05) is 31.1 Å². The van der Waals surface area contributed by atoms with Gasteiger partial charge in [-0.1, -0.05) is 6.07 Å². The lowest BCUT2D eigenvalue weighted by Gasteiger charge is -2.11. The maximum atomic E-state index is 10.7. The predicted molar refractivity (Wildman–Crippen MR) is 69.1 cm³/mol. The number of carboxylic acids is 1. The van der Waals surface area contributed by atoms with E-state index in [2.05, 4.69) is 11.1 Å². The monoisotopic (exact) mass is 251 g/mol. The lowest BCUT2D eigenvalue weighted by Crippen LogP contribution is -2.11. The summed E-state index contributed by atoms with van der Waals surface area (Å²) >= 11 is 1.82. The molecule has 3 nitrogen and oxygen atoms in total. The van der Waals surface area contributed by atoms with Gasteiger partial charge in [0.1, 0.15) is 0 Å². The molecular formula is C13H17NO2S. The van der Waals surface area contributed by atoms with E-state index in [4.69, 9.17) is 5.11 Å². The van der Waals surface area contributed by atoms with Crippen LogP contribution in [-0.2, 0) is 10.5 Å². The third-order valence-corrected chi connectivity index (χ3v) is 4.45. The van der Waals surface area contributed by atoms with Gasteiger partial charge in [-0.2, -0.15) is 11.8 Å². The normalized spacial score (nSPS) is 16.8. The molecule has 1 N–H and O–H groups in total. The van der Waals surface area contributed by atoms with Crippen LogP contribution < -0.4 is 0 Å². The summed E-state index contributed by atoms with van der Waals surface area (Å²) in [6.07, 6.45) is 6.19. The molecule has 0 spiro atoms. The number of hydrogen-bond acceptors (Lipinski definition) is 3. The van der Waals surface area contributed by atoms with E-state index in [9.17, 15) is 4.79 Å². The molecule has 0 aromatic carbocycles. The van der Waals surface area contributed by atoms with Crippen LogP contribution in [0.4, 0.5) is 0 Å². The molecule has 1 heterocycles. The Morgan fingerprint density at radius 2 is 2.29 bits per heavy atom. The molecule has 1 aliphatic rings. The first kappa shape index (κ1) is 12.4. The quantitative estimate of drug-likeness (QED) is 0.844. The van der Waals surface area contributed by atoms with Crippen molar-refractivity contribution in [3.63, 3.8) is 0 Å². The third kappa shape index (κ3) is 3.73. The predicted octanol–water partition coefficient (Wildman–Crippen LogP) is 2.88. The molecule has 0 bridgehead atoms. The Hall–Kier alpha value is -1.03. The van der Waals surface area contributed by atoms with Crippen LogP contribution in [0.15, 0.2) is 18.5 Å². The van der Waals surface area contributed by atoms with E-state index in [-0.39, 0.29) is 5.41 Å². The summed E-state index contributed by atoms with van der Waals surface area (Å²) in [5.41, 5.74) is 2.49. The maximum Gasteiger partial charge on any atom is 0.303 e. The number of aromatic nitrogens is 1. The van der Waals surface area contributed by atoms with Gasteiger partial charge >= 0.3 is 5.97 Å². The topological polar surface area (TPSA) is 50.2 Å². The summed E-state index contributed by atoms with van der Waals surface area (Å²) in [6, 6.07) is 2.14. The molecule has 4 heteroatoms. The summed E-state index contributed by atoms with van der Waals surface area (Å²) in [6.45, 7) is 2.04. The Labute approximate surface area is 106 Å². The van der Waals surface area contributed by atoms with Crippen molar-refractivity contribution in [2.75, 3.05) is 5.75 Å². The van der Waals surface area contributed by atoms with Crippen molar-refractivity contribution in [1.29, 1.82) is 0 Å². The van der Waals surface area contributed by atoms with Crippen molar-refractivity contribution in [2.24, 2.45) is 5.41 Å². The van der Waals surface area contributed by atoms with E-state index in [1.54, 1.807) is 0 Å². The van der Waals surface area contributed by atoms with Gasteiger partial charge in [-0.15, -0.1) is 0 Å². The Morgan fingerprint density at radius 1 is 1.53 bits per heavy atom. The molecule has 1 aromatic heterocycles. The molecule has 1 aromatic rings. The molecule has 0 aliphatic heterocycles. The Morgan fingerprint density at radius 3 is 2.88 bits per heavy atom. The molecule has 1 aliphatic carbocycles. The molecule has 0 amide bonds. The van der Waals surface area contributed by atoms with Crippen LogP contribution in [0, 0.1) is 12.3 Å². The number of hydrogen-bond donors (Lipinski definition) is 1. The SMILES string of the molecule is Cc1cncc(CSCC2(CC(=O)O)CC2)c1. The van der Waals surface area contributed by atoms with Gasteiger partial charge < -0.3 is 5.11 Å². The number of pyridine rings is 1. The Balaban J connectivity index is 1.78. The summed E-state index contributed by atoms with van der Waals surface area (Å²) in [5, 5.41) is 8.82. The molecule has 17 heavy (non-hydrogen) atoms. The zero-order valence-electron chi connectivity index (χ0n) is 9.98. The first-order chi connectivity index (χ1) is 8.10. The molecule has 1 saturated carbocycles. The molecule has 1 fully saturated rings. The second kappa shape index (κ2) is 5.08. The summed E-state index contributed by atoms with van der Waals surface area (Å²) in [7, 11) is 0. The van der Waals surface area contributed by atoms with Crippen molar-refractivity contribution in [3.8, 4) is 0 Å². The average Bonchev–Trinajstić information content (AvgIpc) is 2.97. The van der Waals surface area contributed by atoms with Crippen LogP contribution in [0.2, 0.25) is 0 Å². The number of carbonyl (C=O) groups is 1. The molecule has 0 saturated heterocycles. The minimum atomic E-state index is -0.666. The number of nitrogens with zero attached hydrogens (tertiary/aromatic N) is 1. The standard InChI is InChI=1S/C13H17NO2S/c1-10-4-11(7-14-6-10)8-17-9-13(2-3-13)5-12(15)16/h4,6-7H,2-3,5,8-9H2,1H3,(H,15,16). The van der Waals surface area contributed by atoms with Crippen molar-refractivity contribution in [1.82, 2.24) is 4.98 Å². The van der Waals surface area contributed by atoms with Gasteiger partial charge in [0.25, 0.3) is 0 Å². The number of aliphatic carboxylic acids is 1. The zero-order valence-corrected chi connectivity index (χ0v) is 10.8. The summed E-state index contributed by atoms with van der Waals surface area (Å²) < 4.78 is 0.